The second kappa shape index (κ2) is 8.63. The molecule has 23 heavy (non-hydrogen) atoms. The summed E-state index contributed by atoms with van der Waals surface area (Å²) in [6, 6.07) is 7.02. The number of amides is 1. The third kappa shape index (κ3) is 5.50. The molecule has 0 spiro atoms. The molecule has 0 saturated heterocycles. The molecule has 0 fully saturated rings. The van der Waals surface area contributed by atoms with Gasteiger partial charge in [-0.3, -0.25) is 9.59 Å². The Labute approximate surface area is 134 Å². The van der Waals surface area contributed by atoms with E-state index in [1.807, 2.05) is 0 Å². The minimum absolute atomic E-state index is 0.134. The maximum absolute atomic E-state index is 12.3. The number of hydrogen-bond acceptors (Lipinski definition) is 5. The second-order valence-corrected chi connectivity index (χ2v) is 4.74. The lowest BCUT2D eigenvalue weighted by atomic mass is 10.3. The molecule has 0 saturated carbocycles. The predicted molar refractivity (Wildman–Crippen MR) is 83.1 cm³/mol. The first-order chi connectivity index (χ1) is 11.2. The Hall–Kier alpha value is -2.76. The van der Waals surface area contributed by atoms with E-state index in [0.29, 0.717) is 18.1 Å². The average molecular weight is 317 g/mol. The van der Waals surface area contributed by atoms with E-state index in [4.69, 9.17) is 13.6 Å². The van der Waals surface area contributed by atoms with E-state index in [1.165, 1.54) is 17.2 Å². The fourth-order valence-electron chi connectivity index (χ4n) is 1.96. The first kappa shape index (κ1) is 16.6. The van der Waals surface area contributed by atoms with Crippen molar-refractivity contribution in [3.63, 3.8) is 0 Å². The highest BCUT2D eigenvalue weighted by Crippen LogP contribution is 2.09. The van der Waals surface area contributed by atoms with Gasteiger partial charge < -0.3 is 18.5 Å². The molecule has 0 N–H and O–H groups in total. The molecular weight excluding hydrogens is 298 g/mol. The van der Waals surface area contributed by atoms with Crippen molar-refractivity contribution in [3.05, 3.63) is 54.4 Å². The van der Waals surface area contributed by atoms with Gasteiger partial charge in [0.05, 0.1) is 32.1 Å². The maximum Gasteiger partial charge on any atom is 0.307 e. The number of ether oxygens (including phenoxy) is 1. The van der Waals surface area contributed by atoms with Gasteiger partial charge in [0, 0.05) is 12.6 Å². The van der Waals surface area contributed by atoms with Crippen LogP contribution < -0.4 is 0 Å². The monoisotopic (exact) mass is 317 g/mol. The van der Waals surface area contributed by atoms with Gasteiger partial charge in [-0.1, -0.05) is 0 Å². The van der Waals surface area contributed by atoms with E-state index < -0.39 is 0 Å². The average Bonchev–Trinajstić information content (AvgIpc) is 3.22. The van der Waals surface area contributed by atoms with Gasteiger partial charge in [0.15, 0.2) is 0 Å². The Morgan fingerprint density at radius 3 is 2.65 bits per heavy atom. The van der Waals surface area contributed by atoms with E-state index in [1.54, 1.807) is 43.5 Å². The van der Waals surface area contributed by atoms with Crippen LogP contribution in [0.1, 0.15) is 24.9 Å². The van der Waals surface area contributed by atoms with E-state index >= 15 is 0 Å². The zero-order valence-electron chi connectivity index (χ0n) is 12.9. The first-order valence-corrected chi connectivity index (χ1v) is 7.37. The number of carbonyl (C=O) groups excluding carboxylic acids is 2. The van der Waals surface area contributed by atoms with Crippen LogP contribution in [0.5, 0.6) is 0 Å². The van der Waals surface area contributed by atoms with Gasteiger partial charge in [-0.15, -0.1) is 0 Å². The minimum Gasteiger partial charge on any atom is -0.467 e. The first-order valence-electron chi connectivity index (χ1n) is 7.37. The minimum atomic E-state index is -0.334. The summed E-state index contributed by atoms with van der Waals surface area (Å²) >= 11 is 0. The summed E-state index contributed by atoms with van der Waals surface area (Å²) in [4.78, 5) is 25.4. The van der Waals surface area contributed by atoms with Gasteiger partial charge in [0.25, 0.3) is 0 Å². The molecule has 122 valence electrons. The van der Waals surface area contributed by atoms with Crippen molar-refractivity contribution in [2.24, 2.45) is 0 Å². The fourth-order valence-corrected chi connectivity index (χ4v) is 1.96. The van der Waals surface area contributed by atoms with E-state index in [-0.39, 0.29) is 31.4 Å². The normalized spacial score (nSPS) is 10.8. The van der Waals surface area contributed by atoms with Crippen LogP contribution in [-0.4, -0.2) is 29.9 Å². The van der Waals surface area contributed by atoms with Gasteiger partial charge in [0.2, 0.25) is 5.91 Å². The molecule has 0 bridgehead atoms. The van der Waals surface area contributed by atoms with Crippen LogP contribution >= 0.6 is 0 Å². The number of nitrogens with zero attached hydrogens (tertiary/aromatic N) is 1. The van der Waals surface area contributed by atoms with Crippen molar-refractivity contribution in [1.82, 2.24) is 4.90 Å². The van der Waals surface area contributed by atoms with Crippen molar-refractivity contribution in [2.45, 2.75) is 19.9 Å². The van der Waals surface area contributed by atoms with Gasteiger partial charge in [-0.2, -0.15) is 0 Å². The van der Waals surface area contributed by atoms with Gasteiger partial charge in [0.1, 0.15) is 11.5 Å². The Morgan fingerprint density at radius 2 is 2.00 bits per heavy atom. The fraction of sp³-hybridized carbons (Fsp3) is 0.294. The largest absolute Gasteiger partial charge is 0.467 e. The van der Waals surface area contributed by atoms with E-state index in [2.05, 4.69) is 0 Å². The molecule has 0 atom stereocenters. The third-order valence-electron chi connectivity index (χ3n) is 3.06. The molecule has 2 heterocycles. The van der Waals surface area contributed by atoms with Gasteiger partial charge >= 0.3 is 5.97 Å². The summed E-state index contributed by atoms with van der Waals surface area (Å²) in [5, 5.41) is 0. The summed E-state index contributed by atoms with van der Waals surface area (Å²) in [6.07, 6.45) is 6.21. The highest BCUT2D eigenvalue weighted by atomic mass is 16.5. The molecule has 2 aromatic heterocycles. The molecule has 1 amide bonds. The summed E-state index contributed by atoms with van der Waals surface area (Å²) in [6.45, 7) is 2.60. The molecule has 0 aliphatic heterocycles. The predicted octanol–water partition coefficient (Wildman–Crippen LogP) is 2.87. The van der Waals surface area contributed by atoms with Crippen molar-refractivity contribution in [1.29, 1.82) is 0 Å². The summed E-state index contributed by atoms with van der Waals surface area (Å²) in [7, 11) is 0. The summed E-state index contributed by atoms with van der Waals surface area (Å²) in [5.41, 5.74) is 0. The SMILES string of the molecule is CCOC(=O)CCN(Cc1ccco1)C(=O)/C=C/c1ccco1. The maximum atomic E-state index is 12.3. The second-order valence-electron chi connectivity index (χ2n) is 4.74. The summed E-state index contributed by atoms with van der Waals surface area (Å²) in [5.74, 6) is 0.664. The lowest BCUT2D eigenvalue weighted by molar-refractivity contribution is -0.143. The van der Waals surface area contributed by atoms with Crippen LogP contribution in [0.15, 0.2) is 51.7 Å². The van der Waals surface area contributed by atoms with Crippen LogP contribution in [0.4, 0.5) is 0 Å². The molecule has 6 nitrogen and oxygen atoms in total. The quantitative estimate of drug-likeness (QED) is 0.553. The zero-order valence-corrected chi connectivity index (χ0v) is 12.9. The zero-order chi connectivity index (χ0) is 16.5. The molecule has 6 heteroatoms. The van der Waals surface area contributed by atoms with Crippen LogP contribution in [-0.2, 0) is 20.9 Å². The lowest BCUT2D eigenvalue weighted by Gasteiger charge is -2.19. The summed E-state index contributed by atoms with van der Waals surface area (Å²) < 4.78 is 15.3. The highest BCUT2D eigenvalue weighted by Gasteiger charge is 2.15. The van der Waals surface area contributed by atoms with E-state index in [9.17, 15) is 9.59 Å². The van der Waals surface area contributed by atoms with Crippen molar-refractivity contribution in [3.8, 4) is 0 Å². The van der Waals surface area contributed by atoms with Crippen LogP contribution in [0.2, 0.25) is 0 Å². The van der Waals surface area contributed by atoms with Crippen molar-refractivity contribution in [2.75, 3.05) is 13.2 Å². The number of rotatable bonds is 8. The number of furan rings is 2. The van der Waals surface area contributed by atoms with Gasteiger partial charge in [-0.05, 0) is 37.3 Å². The topological polar surface area (TPSA) is 72.9 Å². The highest BCUT2D eigenvalue weighted by molar-refractivity contribution is 5.91. The molecule has 0 aromatic carbocycles. The Balaban J connectivity index is 1.99. The van der Waals surface area contributed by atoms with Gasteiger partial charge in [-0.25, -0.2) is 0 Å². The number of hydrogen-bond donors (Lipinski definition) is 0. The van der Waals surface area contributed by atoms with Crippen LogP contribution in [0, 0.1) is 0 Å². The van der Waals surface area contributed by atoms with Crippen LogP contribution in [0.25, 0.3) is 6.08 Å². The number of esters is 1. The molecule has 0 aliphatic carbocycles. The lowest BCUT2D eigenvalue weighted by Crippen LogP contribution is -2.31. The van der Waals surface area contributed by atoms with Crippen LogP contribution in [0.3, 0.4) is 0 Å². The Bertz CT molecular complexity index is 628. The molecule has 2 rings (SSSR count). The number of carbonyl (C=O) groups is 2. The smallest absolute Gasteiger partial charge is 0.307 e. The third-order valence-corrected chi connectivity index (χ3v) is 3.06. The molecule has 2 aromatic rings. The molecule has 0 unspecified atom stereocenters. The van der Waals surface area contributed by atoms with Crippen molar-refractivity contribution < 1.29 is 23.2 Å². The Morgan fingerprint density at radius 1 is 1.22 bits per heavy atom. The molecule has 0 radical (unpaired) electrons. The van der Waals surface area contributed by atoms with E-state index in [0.717, 1.165) is 0 Å². The molecular formula is C17H19NO5. The Kier molecular flexibility index (Phi) is 6.23. The standard InChI is InChI=1S/C17H19NO5/c1-2-21-17(20)9-10-18(13-15-6-4-12-23-15)16(19)8-7-14-5-3-11-22-14/h3-8,11-12H,2,9-10,13H2,1H3/b8-7+. The van der Waals surface area contributed by atoms with Crippen molar-refractivity contribution >= 4 is 18.0 Å². The molecule has 0 aliphatic rings.